The third-order valence-electron chi connectivity index (χ3n) is 4.59. The van der Waals surface area contributed by atoms with Crippen LogP contribution in [0, 0.1) is 17.8 Å². The van der Waals surface area contributed by atoms with Crippen LogP contribution in [-0.2, 0) is 6.42 Å². The molecule has 112 valence electrons. The molecule has 1 fully saturated rings. The van der Waals surface area contributed by atoms with Crippen LogP contribution in [0.2, 0.25) is 0 Å². The molecule has 1 saturated carbocycles. The van der Waals surface area contributed by atoms with Gasteiger partial charge in [0.05, 0.1) is 11.6 Å². The highest BCUT2D eigenvalue weighted by molar-refractivity contribution is 9.10. The van der Waals surface area contributed by atoms with Crippen LogP contribution >= 0.6 is 27.5 Å². The highest BCUT2D eigenvalue weighted by atomic mass is 79.9. The molecule has 1 aliphatic carbocycles. The molecule has 0 spiro atoms. The Morgan fingerprint density at radius 1 is 1.35 bits per heavy atom. The molecule has 3 heteroatoms. The number of hydrogen-bond acceptors (Lipinski definition) is 1. The van der Waals surface area contributed by atoms with Crippen molar-refractivity contribution in [2.75, 3.05) is 7.11 Å². The Hall–Kier alpha value is -0.210. The maximum atomic E-state index is 6.56. The molecule has 0 bridgehead atoms. The summed E-state index contributed by atoms with van der Waals surface area (Å²) in [4.78, 5) is 0. The van der Waals surface area contributed by atoms with Crippen LogP contribution < -0.4 is 4.74 Å². The topological polar surface area (TPSA) is 9.23 Å². The first-order valence-electron chi connectivity index (χ1n) is 7.47. The summed E-state index contributed by atoms with van der Waals surface area (Å²) in [6.07, 6.45) is 4.77. The molecule has 1 aromatic carbocycles. The van der Waals surface area contributed by atoms with E-state index in [9.17, 15) is 0 Å². The Balaban J connectivity index is 2.05. The summed E-state index contributed by atoms with van der Waals surface area (Å²) < 4.78 is 6.31. The molecule has 2 rings (SSSR count). The van der Waals surface area contributed by atoms with Crippen LogP contribution in [0.25, 0.3) is 0 Å². The molecular weight excluding hydrogens is 336 g/mol. The molecule has 0 amide bonds. The van der Waals surface area contributed by atoms with E-state index < -0.39 is 0 Å². The Morgan fingerprint density at radius 2 is 2.10 bits per heavy atom. The molecule has 3 atom stereocenters. The number of benzene rings is 1. The lowest BCUT2D eigenvalue weighted by molar-refractivity contribution is 0.218. The fourth-order valence-corrected chi connectivity index (χ4v) is 4.13. The van der Waals surface area contributed by atoms with Crippen molar-refractivity contribution in [1.29, 1.82) is 0 Å². The van der Waals surface area contributed by atoms with Crippen LogP contribution in [0.3, 0.4) is 0 Å². The maximum Gasteiger partial charge on any atom is 0.133 e. The SMILES string of the molecule is COc1ccc(CC2CC(C(C)C)CCC2Cl)cc1Br. The number of rotatable bonds is 4. The summed E-state index contributed by atoms with van der Waals surface area (Å²) in [7, 11) is 1.70. The van der Waals surface area contributed by atoms with Gasteiger partial charge in [0.2, 0.25) is 0 Å². The minimum Gasteiger partial charge on any atom is -0.496 e. The van der Waals surface area contributed by atoms with Gasteiger partial charge in [0.25, 0.3) is 0 Å². The molecule has 0 saturated heterocycles. The van der Waals surface area contributed by atoms with Gasteiger partial charge in [0, 0.05) is 5.38 Å². The largest absolute Gasteiger partial charge is 0.496 e. The Bertz CT molecular complexity index is 447. The Morgan fingerprint density at radius 3 is 2.70 bits per heavy atom. The minimum absolute atomic E-state index is 0.325. The van der Waals surface area contributed by atoms with E-state index in [4.69, 9.17) is 16.3 Å². The molecule has 0 radical (unpaired) electrons. The van der Waals surface area contributed by atoms with Gasteiger partial charge in [-0.3, -0.25) is 0 Å². The molecule has 20 heavy (non-hydrogen) atoms. The van der Waals surface area contributed by atoms with Gasteiger partial charge in [-0.05, 0) is 77.1 Å². The molecule has 1 aliphatic rings. The van der Waals surface area contributed by atoms with Crippen molar-refractivity contribution in [3.8, 4) is 5.75 Å². The van der Waals surface area contributed by atoms with Crippen molar-refractivity contribution >= 4 is 27.5 Å². The Labute approximate surface area is 136 Å². The summed E-state index contributed by atoms with van der Waals surface area (Å²) in [6, 6.07) is 6.36. The summed E-state index contributed by atoms with van der Waals surface area (Å²) in [5.74, 6) is 3.08. The molecule has 1 aromatic rings. The second kappa shape index (κ2) is 7.17. The monoisotopic (exact) mass is 358 g/mol. The van der Waals surface area contributed by atoms with Crippen LogP contribution in [0.1, 0.15) is 38.7 Å². The van der Waals surface area contributed by atoms with E-state index in [1.165, 1.54) is 18.4 Å². The van der Waals surface area contributed by atoms with Gasteiger partial charge in [-0.2, -0.15) is 0 Å². The summed E-state index contributed by atoms with van der Waals surface area (Å²) in [6.45, 7) is 4.67. The van der Waals surface area contributed by atoms with E-state index in [0.717, 1.165) is 34.9 Å². The quantitative estimate of drug-likeness (QED) is 0.628. The molecule has 0 aromatic heterocycles. The van der Waals surface area contributed by atoms with Crippen molar-refractivity contribution in [2.45, 2.75) is 44.9 Å². The Kier molecular flexibility index (Phi) is 5.80. The molecular formula is C17H24BrClO. The highest BCUT2D eigenvalue weighted by Crippen LogP contribution is 2.38. The number of methoxy groups -OCH3 is 1. The normalized spacial score (nSPS) is 26.8. The van der Waals surface area contributed by atoms with Gasteiger partial charge in [-0.25, -0.2) is 0 Å². The molecule has 0 heterocycles. The lowest BCUT2D eigenvalue weighted by Crippen LogP contribution is -2.29. The third-order valence-corrected chi connectivity index (χ3v) is 5.78. The number of hydrogen-bond donors (Lipinski definition) is 0. The van der Waals surface area contributed by atoms with Crippen molar-refractivity contribution in [3.63, 3.8) is 0 Å². The average molecular weight is 360 g/mol. The minimum atomic E-state index is 0.325. The maximum absolute atomic E-state index is 6.56. The molecule has 0 aliphatic heterocycles. The second-order valence-corrected chi connectivity index (χ2v) is 7.68. The zero-order chi connectivity index (χ0) is 14.7. The van der Waals surface area contributed by atoms with Gasteiger partial charge < -0.3 is 4.74 Å². The number of ether oxygens (including phenoxy) is 1. The first-order chi connectivity index (χ1) is 9.51. The van der Waals surface area contributed by atoms with Crippen molar-refractivity contribution in [3.05, 3.63) is 28.2 Å². The van der Waals surface area contributed by atoms with E-state index in [1.54, 1.807) is 7.11 Å². The van der Waals surface area contributed by atoms with Gasteiger partial charge in [0.1, 0.15) is 5.75 Å². The summed E-state index contributed by atoms with van der Waals surface area (Å²) in [5.41, 5.74) is 1.35. The highest BCUT2D eigenvalue weighted by Gasteiger charge is 2.30. The molecule has 1 nitrogen and oxygen atoms in total. The second-order valence-electron chi connectivity index (χ2n) is 6.27. The third kappa shape index (κ3) is 3.92. The number of halogens is 2. The lowest BCUT2D eigenvalue weighted by atomic mass is 9.74. The van der Waals surface area contributed by atoms with Crippen LogP contribution in [-0.4, -0.2) is 12.5 Å². The number of alkyl halides is 1. The van der Waals surface area contributed by atoms with E-state index in [2.05, 4.69) is 41.9 Å². The average Bonchev–Trinajstić information content (AvgIpc) is 2.41. The summed E-state index contributed by atoms with van der Waals surface area (Å²) >= 11 is 10.1. The standard InChI is InChI=1S/C17H24BrClO/c1-11(2)13-5-6-16(19)14(10-13)8-12-4-7-17(20-3)15(18)9-12/h4,7,9,11,13-14,16H,5-6,8,10H2,1-3H3. The predicted octanol–water partition coefficient (Wildman–Crippen LogP) is 5.68. The van der Waals surface area contributed by atoms with E-state index >= 15 is 0 Å². The first-order valence-corrected chi connectivity index (χ1v) is 8.70. The predicted molar refractivity (Wildman–Crippen MR) is 89.7 cm³/mol. The summed E-state index contributed by atoms with van der Waals surface area (Å²) in [5, 5.41) is 0.325. The van der Waals surface area contributed by atoms with Gasteiger partial charge in [-0.15, -0.1) is 11.6 Å². The molecule has 0 N–H and O–H groups in total. The van der Waals surface area contributed by atoms with Crippen LogP contribution in [0.15, 0.2) is 22.7 Å². The molecule has 3 unspecified atom stereocenters. The van der Waals surface area contributed by atoms with Gasteiger partial charge in [-0.1, -0.05) is 19.9 Å². The first kappa shape index (κ1) is 16.2. The zero-order valence-corrected chi connectivity index (χ0v) is 14.9. The lowest BCUT2D eigenvalue weighted by Gasteiger charge is -2.35. The fraction of sp³-hybridized carbons (Fsp3) is 0.647. The van der Waals surface area contributed by atoms with Crippen LogP contribution in [0.4, 0.5) is 0 Å². The van der Waals surface area contributed by atoms with Gasteiger partial charge >= 0.3 is 0 Å². The van der Waals surface area contributed by atoms with Crippen molar-refractivity contribution in [1.82, 2.24) is 0 Å². The van der Waals surface area contributed by atoms with Crippen LogP contribution in [0.5, 0.6) is 5.75 Å². The zero-order valence-electron chi connectivity index (χ0n) is 12.5. The van der Waals surface area contributed by atoms with E-state index in [-0.39, 0.29) is 0 Å². The van der Waals surface area contributed by atoms with E-state index in [0.29, 0.717) is 11.3 Å². The fourth-order valence-electron chi connectivity index (χ4n) is 3.22. The van der Waals surface area contributed by atoms with Crippen molar-refractivity contribution < 1.29 is 4.74 Å². The smallest absolute Gasteiger partial charge is 0.133 e. The van der Waals surface area contributed by atoms with Gasteiger partial charge in [0.15, 0.2) is 0 Å². The van der Waals surface area contributed by atoms with E-state index in [1.807, 2.05) is 6.07 Å². The van der Waals surface area contributed by atoms with Crippen molar-refractivity contribution in [2.24, 2.45) is 17.8 Å².